The normalized spacial score (nSPS) is 16.8. The molecule has 2 N–H and O–H groups in total. The zero-order chi connectivity index (χ0) is 19.6. The second-order valence-corrected chi connectivity index (χ2v) is 5.98. The molecule has 1 aromatic rings. The third-order valence-corrected chi connectivity index (χ3v) is 4.25. The highest BCUT2D eigenvalue weighted by Gasteiger charge is 2.29. The van der Waals surface area contributed by atoms with E-state index < -0.39 is 5.97 Å². The quantitative estimate of drug-likeness (QED) is 0.622. The van der Waals surface area contributed by atoms with Crippen LogP contribution in [0.25, 0.3) is 5.57 Å². The lowest BCUT2D eigenvalue weighted by molar-refractivity contribution is -0.132. The van der Waals surface area contributed by atoms with Crippen molar-refractivity contribution in [3.63, 3.8) is 0 Å². The zero-order valence-electron chi connectivity index (χ0n) is 14.7. The van der Waals surface area contributed by atoms with Crippen LogP contribution in [0.15, 0.2) is 83.7 Å². The van der Waals surface area contributed by atoms with Gasteiger partial charge in [0.2, 0.25) is 0 Å². The minimum absolute atomic E-state index is 0.00904. The lowest BCUT2D eigenvalue weighted by atomic mass is 9.85. The Kier molecular flexibility index (Phi) is 4.94. The number of ether oxygens (including phenoxy) is 1. The maximum atomic E-state index is 12.0. The van der Waals surface area contributed by atoms with Gasteiger partial charge in [-0.15, -0.1) is 0 Å². The molecule has 0 unspecified atom stereocenters. The third-order valence-electron chi connectivity index (χ3n) is 4.25. The van der Waals surface area contributed by atoms with Gasteiger partial charge in [-0.05, 0) is 30.7 Å². The Hall–Kier alpha value is -3.60. The molecule has 0 radical (unpaired) electrons. The Morgan fingerprint density at radius 3 is 2.78 bits per heavy atom. The van der Waals surface area contributed by atoms with E-state index in [0.29, 0.717) is 33.8 Å². The number of aliphatic carboxylic acids is 1. The van der Waals surface area contributed by atoms with Crippen molar-refractivity contribution in [3.8, 4) is 11.5 Å². The van der Waals surface area contributed by atoms with E-state index in [-0.39, 0.29) is 23.5 Å². The first-order chi connectivity index (χ1) is 13.0. The number of fused-ring (bicyclic) bond motifs is 2. The first-order valence-electron chi connectivity index (χ1n) is 8.36. The van der Waals surface area contributed by atoms with Crippen LogP contribution in [0.4, 0.5) is 0 Å². The van der Waals surface area contributed by atoms with E-state index in [1.54, 1.807) is 31.2 Å². The van der Waals surface area contributed by atoms with Gasteiger partial charge in [-0.25, -0.2) is 4.79 Å². The molecule has 27 heavy (non-hydrogen) atoms. The molecule has 1 heterocycles. The van der Waals surface area contributed by atoms with E-state index in [1.807, 2.05) is 0 Å². The van der Waals surface area contributed by atoms with Crippen molar-refractivity contribution in [1.29, 1.82) is 0 Å². The molecule has 0 atom stereocenters. The summed E-state index contributed by atoms with van der Waals surface area (Å²) >= 11 is 0. The number of carboxylic acids is 1. The molecule has 2 aliphatic rings. The fourth-order valence-electron chi connectivity index (χ4n) is 3.13. The van der Waals surface area contributed by atoms with Gasteiger partial charge in [0.25, 0.3) is 0 Å². The Labute approximate surface area is 156 Å². The predicted molar refractivity (Wildman–Crippen MR) is 102 cm³/mol. The second-order valence-electron chi connectivity index (χ2n) is 5.98. The first kappa shape index (κ1) is 18.2. The number of aromatic hydroxyl groups is 1. The molecule has 0 saturated heterocycles. The van der Waals surface area contributed by atoms with Crippen LogP contribution < -0.4 is 4.74 Å². The van der Waals surface area contributed by atoms with Crippen molar-refractivity contribution in [3.05, 3.63) is 89.3 Å². The van der Waals surface area contributed by atoms with Gasteiger partial charge in [-0.3, -0.25) is 4.79 Å². The summed E-state index contributed by atoms with van der Waals surface area (Å²) in [5.41, 5.74) is 2.40. The van der Waals surface area contributed by atoms with E-state index in [0.717, 1.165) is 0 Å². The largest absolute Gasteiger partial charge is 0.508 e. The highest BCUT2D eigenvalue weighted by atomic mass is 16.5. The van der Waals surface area contributed by atoms with Crippen molar-refractivity contribution in [2.24, 2.45) is 0 Å². The average molecular weight is 362 g/mol. The second kappa shape index (κ2) is 7.33. The van der Waals surface area contributed by atoms with Crippen LogP contribution in [0.5, 0.6) is 11.5 Å². The molecular weight excluding hydrogens is 344 g/mol. The van der Waals surface area contributed by atoms with Gasteiger partial charge in [0.15, 0.2) is 5.78 Å². The maximum Gasteiger partial charge on any atom is 0.336 e. The number of carbonyl (C=O) groups excluding carboxylic acids is 1. The number of carbonyl (C=O) groups is 2. The summed E-state index contributed by atoms with van der Waals surface area (Å²) in [6.07, 6.45) is 9.65. The molecule has 0 spiro atoms. The summed E-state index contributed by atoms with van der Waals surface area (Å²) < 4.78 is 5.85. The van der Waals surface area contributed by atoms with Crippen LogP contribution in [-0.2, 0) is 9.59 Å². The maximum absolute atomic E-state index is 12.0. The van der Waals surface area contributed by atoms with Crippen LogP contribution in [0.2, 0.25) is 0 Å². The molecule has 3 rings (SSSR count). The van der Waals surface area contributed by atoms with Gasteiger partial charge in [0, 0.05) is 35.3 Å². The fourth-order valence-corrected chi connectivity index (χ4v) is 3.13. The van der Waals surface area contributed by atoms with Crippen molar-refractivity contribution in [2.75, 3.05) is 0 Å². The van der Waals surface area contributed by atoms with Crippen LogP contribution >= 0.6 is 0 Å². The van der Waals surface area contributed by atoms with Gasteiger partial charge in [0.05, 0.1) is 5.57 Å². The van der Waals surface area contributed by atoms with Crippen molar-refractivity contribution in [1.82, 2.24) is 0 Å². The van der Waals surface area contributed by atoms with E-state index in [4.69, 9.17) is 4.74 Å². The zero-order valence-corrected chi connectivity index (χ0v) is 14.7. The highest BCUT2D eigenvalue weighted by molar-refractivity contribution is 6.05. The lowest BCUT2D eigenvalue weighted by Gasteiger charge is -2.26. The molecule has 5 heteroatoms. The lowest BCUT2D eigenvalue weighted by Crippen LogP contribution is -2.13. The van der Waals surface area contributed by atoms with E-state index >= 15 is 0 Å². The van der Waals surface area contributed by atoms with Crippen LogP contribution in [-0.4, -0.2) is 22.0 Å². The summed E-state index contributed by atoms with van der Waals surface area (Å²) in [6.45, 7) is 5.34. The van der Waals surface area contributed by atoms with Crippen LogP contribution in [0.3, 0.4) is 0 Å². The summed E-state index contributed by atoms with van der Waals surface area (Å²) in [5.74, 6) is -0.534. The van der Waals surface area contributed by atoms with Crippen LogP contribution in [0.1, 0.15) is 18.9 Å². The molecule has 0 bridgehead atoms. The molecular formula is C22H18O5. The van der Waals surface area contributed by atoms with Gasteiger partial charge >= 0.3 is 5.97 Å². The first-order valence-corrected chi connectivity index (χ1v) is 8.36. The third kappa shape index (κ3) is 3.40. The number of carboxylic acid groups (broad SMARTS) is 1. The molecule has 136 valence electrons. The van der Waals surface area contributed by atoms with Crippen molar-refractivity contribution >= 4 is 17.3 Å². The van der Waals surface area contributed by atoms with E-state index in [1.165, 1.54) is 30.4 Å². The molecule has 0 amide bonds. The minimum Gasteiger partial charge on any atom is -0.508 e. The number of phenolic OH excluding ortho intramolecular Hbond substituents is 1. The number of ketones is 1. The molecule has 1 aromatic carbocycles. The highest BCUT2D eigenvalue weighted by Crippen LogP contribution is 2.45. The Balaban J connectivity index is 2.37. The Morgan fingerprint density at radius 2 is 2.11 bits per heavy atom. The predicted octanol–water partition coefficient (Wildman–Crippen LogP) is 4.09. The number of benzene rings is 1. The molecule has 1 aliphatic carbocycles. The van der Waals surface area contributed by atoms with Gasteiger partial charge in [-0.1, -0.05) is 30.9 Å². The van der Waals surface area contributed by atoms with Gasteiger partial charge in [0.1, 0.15) is 17.3 Å². The summed E-state index contributed by atoms with van der Waals surface area (Å²) in [4.78, 5) is 23.8. The fraction of sp³-hybridized carbons (Fsp3) is 0.0909. The number of phenols is 1. The SMILES string of the molecule is C=C/C=C(C(=O)O)\C(=C/C)C1=C2C=CCC(=O)C=C2Oc2cc(O)ccc21. The van der Waals surface area contributed by atoms with Crippen LogP contribution in [0, 0.1) is 0 Å². The summed E-state index contributed by atoms with van der Waals surface area (Å²) in [6, 6.07) is 4.62. The Morgan fingerprint density at radius 1 is 1.33 bits per heavy atom. The molecule has 0 aromatic heterocycles. The summed E-state index contributed by atoms with van der Waals surface area (Å²) in [7, 11) is 0. The van der Waals surface area contributed by atoms with Gasteiger partial charge < -0.3 is 14.9 Å². The molecule has 0 saturated carbocycles. The summed E-state index contributed by atoms with van der Waals surface area (Å²) in [5, 5.41) is 19.5. The van der Waals surface area contributed by atoms with Crippen molar-refractivity contribution in [2.45, 2.75) is 13.3 Å². The number of rotatable bonds is 4. The number of hydrogen-bond acceptors (Lipinski definition) is 4. The minimum atomic E-state index is -1.10. The smallest absolute Gasteiger partial charge is 0.336 e. The van der Waals surface area contributed by atoms with Crippen molar-refractivity contribution < 1.29 is 24.5 Å². The average Bonchev–Trinajstić information content (AvgIpc) is 2.80. The molecule has 5 nitrogen and oxygen atoms in total. The van der Waals surface area contributed by atoms with E-state index in [9.17, 15) is 19.8 Å². The topological polar surface area (TPSA) is 83.8 Å². The van der Waals surface area contributed by atoms with E-state index in [2.05, 4.69) is 6.58 Å². The number of allylic oxidation sites excluding steroid dienone is 7. The molecule has 0 fully saturated rings. The monoisotopic (exact) mass is 362 g/mol. The van der Waals surface area contributed by atoms with Gasteiger partial charge in [-0.2, -0.15) is 0 Å². The molecule has 1 aliphatic heterocycles. The number of hydrogen-bond donors (Lipinski definition) is 2. The Bertz CT molecular complexity index is 1000. The standard InChI is InChI=1S/C22H18O5/c1-3-6-16(22(25)26)15(4-2)21-17-8-5-7-13(23)11-19(17)27-20-12-14(24)9-10-18(20)21/h3-6,8-12,24H,1,7H2,2H3,(H,25,26)/b15-4+,16-6+.